The van der Waals surface area contributed by atoms with E-state index in [1.165, 1.54) is 15.9 Å². The first kappa shape index (κ1) is 25.2. The minimum atomic E-state index is -3.83. The lowest BCUT2D eigenvalue weighted by atomic mass is 10.0. The van der Waals surface area contributed by atoms with Crippen molar-refractivity contribution in [3.63, 3.8) is 0 Å². The van der Waals surface area contributed by atoms with E-state index in [2.05, 4.69) is 34.1 Å². The van der Waals surface area contributed by atoms with E-state index in [1.807, 2.05) is 26.0 Å². The molecule has 1 aliphatic rings. The van der Waals surface area contributed by atoms with Crippen molar-refractivity contribution in [2.45, 2.75) is 38.3 Å². The Balaban J connectivity index is 1.40. The SMILES string of the molecule is COc1nc(-c2c(C)ccc3c2ncn3S(=O)(=O)c2ccc(C)cc2)nc2c1CN(Cc1ccccc1)CC2. The highest BCUT2D eigenvalue weighted by Crippen LogP contribution is 2.34. The molecule has 0 aliphatic carbocycles. The molecule has 8 nitrogen and oxygen atoms in total. The van der Waals surface area contributed by atoms with Gasteiger partial charge in [-0.15, -0.1) is 0 Å². The highest BCUT2D eigenvalue weighted by molar-refractivity contribution is 7.90. The van der Waals surface area contributed by atoms with E-state index in [9.17, 15) is 8.42 Å². The Kier molecular flexibility index (Phi) is 6.40. The summed E-state index contributed by atoms with van der Waals surface area (Å²) in [6, 6.07) is 20.9. The zero-order valence-corrected chi connectivity index (χ0v) is 22.9. The molecule has 9 heteroatoms. The summed E-state index contributed by atoms with van der Waals surface area (Å²) in [5.74, 6) is 1.03. The maximum Gasteiger partial charge on any atom is 0.269 e. The van der Waals surface area contributed by atoms with Gasteiger partial charge in [0.2, 0.25) is 5.88 Å². The van der Waals surface area contributed by atoms with E-state index in [-0.39, 0.29) is 4.90 Å². The summed E-state index contributed by atoms with van der Waals surface area (Å²) < 4.78 is 33.9. The van der Waals surface area contributed by atoms with Crippen molar-refractivity contribution < 1.29 is 13.2 Å². The van der Waals surface area contributed by atoms with Gasteiger partial charge in [0, 0.05) is 31.6 Å². The van der Waals surface area contributed by atoms with Crippen LogP contribution in [-0.2, 0) is 29.5 Å². The molecule has 0 N–H and O–H groups in total. The van der Waals surface area contributed by atoms with Gasteiger partial charge in [0.05, 0.1) is 28.8 Å². The van der Waals surface area contributed by atoms with Crippen molar-refractivity contribution in [2.24, 2.45) is 0 Å². The van der Waals surface area contributed by atoms with E-state index in [0.717, 1.165) is 41.9 Å². The third kappa shape index (κ3) is 4.57. The molecule has 3 aromatic carbocycles. The summed E-state index contributed by atoms with van der Waals surface area (Å²) in [6.45, 7) is 6.29. The van der Waals surface area contributed by atoms with Crippen LogP contribution in [0.5, 0.6) is 5.88 Å². The van der Waals surface area contributed by atoms with Gasteiger partial charge in [0.25, 0.3) is 10.0 Å². The van der Waals surface area contributed by atoms with Crippen molar-refractivity contribution in [2.75, 3.05) is 13.7 Å². The Bertz CT molecular complexity index is 1760. The second-order valence-electron chi connectivity index (χ2n) is 9.91. The predicted molar refractivity (Wildman–Crippen MR) is 150 cm³/mol. The third-order valence-corrected chi connectivity index (χ3v) is 8.92. The normalized spacial score (nSPS) is 13.9. The fraction of sp³-hybridized carbons (Fsp3) is 0.233. The van der Waals surface area contributed by atoms with Crippen molar-refractivity contribution >= 4 is 21.1 Å². The summed E-state index contributed by atoms with van der Waals surface area (Å²) in [5, 5.41) is 0. The zero-order chi connectivity index (χ0) is 27.1. The number of methoxy groups -OCH3 is 1. The Labute approximate surface area is 228 Å². The Hall–Kier alpha value is -4.08. The van der Waals surface area contributed by atoms with Crippen LogP contribution in [0.1, 0.15) is 27.9 Å². The van der Waals surface area contributed by atoms with Crippen LogP contribution in [0.2, 0.25) is 0 Å². The molecular formula is C30H29N5O3S. The minimum absolute atomic E-state index is 0.210. The molecule has 39 heavy (non-hydrogen) atoms. The molecule has 3 heterocycles. The molecule has 0 amide bonds. The zero-order valence-electron chi connectivity index (χ0n) is 22.1. The topological polar surface area (TPSA) is 90.2 Å². The fourth-order valence-electron chi connectivity index (χ4n) is 5.16. The summed E-state index contributed by atoms with van der Waals surface area (Å²) in [4.78, 5) is 16.9. The van der Waals surface area contributed by atoms with Gasteiger partial charge >= 0.3 is 0 Å². The average molecular weight is 540 g/mol. The summed E-state index contributed by atoms with van der Waals surface area (Å²) in [5.41, 5.74) is 6.81. The standard InChI is InChI=1S/C30H29N5O3S/c1-20-9-12-23(13-10-20)39(36,37)35-19-31-28-26(35)14-11-21(2)27(28)29-32-25-15-16-34(17-22-7-5-4-6-8-22)18-24(25)30(33-29)38-3/h4-14,19H,15-18H2,1-3H3. The van der Waals surface area contributed by atoms with E-state index in [0.29, 0.717) is 34.8 Å². The number of aromatic nitrogens is 4. The first-order valence-corrected chi connectivity index (χ1v) is 14.3. The number of hydrogen-bond donors (Lipinski definition) is 0. The van der Waals surface area contributed by atoms with Gasteiger partial charge in [-0.2, -0.15) is 4.98 Å². The van der Waals surface area contributed by atoms with Crippen LogP contribution >= 0.6 is 0 Å². The largest absolute Gasteiger partial charge is 0.481 e. The second-order valence-corrected chi connectivity index (χ2v) is 11.7. The maximum absolute atomic E-state index is 13.5. The molecule has 198 valence electrons. The van der Waals surface area contributed by atoms with E-state index in [4.69, 9.17) is 14.7 Å². The Morgan fingerprint density at radius 3 is 2.46 bits per heavy atom. The van der Waals surface area contributed by atoms with Gasteiger partial charge < -0.3 is 4.74 Å². The number of ether oxygens (including phenoxy) is 1. The first-order valence-electron chi connectivity index (χ1n) is 12.8. The smallest absolute Gasteiger partial charge is 0.269 e. The second kappa shape index (κ2) is 9.91. The highest BCUT2D eigenvalue weighted by Gasteiger charge is 2.26. The predicted octanol–water partition coefficient (Wildman–Crippen LogP) is 4.91. The average Bonchev–Trinajstić information content (AvgIpc) is 3.38. The first-order chi connectivity index (χ1) is 18.8. The molecule has 6 rings (SSSR count). The fourth-order valence-corrected chi connectivity index (χ4v) is 6.44. The monoisotopic (exact) mass is 539 g/mol. The number of rotatable bonds is 6. The van der Waals surface area contributed by atoms with Crippen LogP contribution in [0.25, 0.3) is 22.4 Å². The lowest BCUT2D eigenvalue weighted by Crippen LogP contribution is -2.31. The maximum atomic E-state index is 13.5. The summed E-state index contributed by atoms with van der Waals surface area (Å²) in [6.07, 6.45) is 2.12. The van der Waals surface area contributed by atoms with Crippen LogP contribution in [-0.4, -0.2) is 45.9 Å². The van der Waals surface area contributed by atoms with Crippen LogP contribution in [0.15, 0.2) is 78.0 Å². The molecule has 0 bridgehead atoms. The molecule has 0 spiro atoms. The van der Waals surface area contributed by atoms with Gasteiger partial charge in [-0.25, -0.2) is 22.4 Å². The third-order valence-electron chi connectivity index (χ3n) is 7.24. The van der Waals surface area contributed by atoms with Crippen molar-refractivity contribution in [3.05, 3.63) is 101 Å². The lowest BCUT2D eigenvalue weighted by Gasteiger charge is -2.29. The summed E-state index contributed by atoms with van der Waals surface area (Å²) >= 11 is 0. The van der Waals surface area contributed by atoms with E-state index < -0.39 is 10.0 Å². The molecule has 0 saturated heterocycles. The van der Waals surface area contributed by atoms with Crippen LogP contribution < -0.4 is 4.74 Å². The lowest BCUT2D eigenvalue weighted by molar-refractivity contribution is 0.236. The molecule has 0 radical (unpaired) electrons. The van der Waals surface area contributed by atoms with Crippen molar-refractivity contribution in [1.82, 2.24) is 23.8 Å². The highest BCUT2D eigenvalue weighted by atomic mass is 32.2. The van der Waals surface area contributed by atoms with Crippen molar-refractivity contribution in [1.29, 1.82) is 0 Å². The van der Waals surface area contributed by atoms with Gasteiger partial charge in [-0.05, 0) is 43.2 Å². The van der Waals surface area contributed by atoms with E-state index in [1.54, 1.807) is 37.4 Å². The number of hydrogen-bond acceptors (Lipinski definition) is 7. The number of benzene rings is 3. The quantitative estimate of drug-likeness (QED) is 0.303. The molecule has 0 atom stereocenters. The van der Waals surface area contributed by atoms with Crippen molar-refractivity contribution in [3.8, 4) is 17.3 Å². The molecule has 0 unspecified atom stereocenters. The van der Waals surface area contributed by atoms with Gasteiger partial charge in [-0.3, -0.25) is 4.90 Å². The van der Waals surface area contributed by atoms with Crippen LogP contribution in [0.4, 0.5) is 0 Å². The molecule has 0 fully saturated rings. The molecule has 5 aromatic rings. The van der Waals surface area contributed by atoms with Crippen LogP contribution in [0, 0.1) is 13.8 Å². The van der Waals surface area contributed by atoms with Gasteiger partial charge in [-0.1, -0.05) is 54.1 Å². The number of fused-ring (bicyclic) bond motifs is 2. The van der Waals surface area contributed by atoms with E-state index >= 15 is 0 Å². The minimum Gasteiger partial charge on any atom is -0.481 e. The van der Waals surface area contributed by atoms with Crippen LogP contribution in [0.3, 0.4) is 0 Å². The van der Waals surface area contributed by atoms with Gasteiger partial charge in [0.15, 0.2) is 5.82 Å². The number of imidazole rings is 1. The van der Waals surface area contributed by atoms with Gasteiger partial charge in [0.1, 0.15) is 11.8 Å². The Morgan fingerprint density at radius 2 is 1.72 bits per heavy atom. The molecular weight excluding hydrogens is 510 g/mol. The molecule has 2 aromatic heterocycles. The summed E-state index contributed by atoms with van der Waals surface area (Å²) in [7, 11) is -2.20. The number of nitrogens with zero attached hydrogens (tertiary/aromatic N) is 5. The number of aryl methyl sites for hydroxylation is 2. The Morgan fingerprint density at radius 1 is 0.949 bits per heavy atom. The molecule has 0 saturated carbocycles. The molecule has 1 aliphatic heterocycles.